The summed E-state index contributed by atoms with van der Waals surface area (Å²) in [4.78, 5) is 0. The zero-order valence-corrected chi connectivity index (χ0v) is 16.6. The van der Waals surface area contributed by atoms with Crippen LogP contribution in [0.4, 0.5) is 0 Å². The van der Waals surface area contributed by atoms with Crippen molar-refractivity contribution in [1.29, 1.82) is 0 Å². The van der Waals surface area contributed by atoms with Crippen LogP contribution in [0.3, 0.4) is 0 Å². The first-order valence-corrected chi connectivity index (χ1v) is 11.3. The molecule has 2 atom stereocenters. The minimum absolute atomic E-state index is 0.000731. The van der Waals surface area contributed by atoms with E-state index in [1.54, 1.807) is 0 Å². The van der Waals surface area contributed by atoms with E-state index in [4.69, 9.17) is 4.43 Å². The minimum Gasteiger partial charge on any atom is -0.407 e. The highest BCUT2D eigenvalue weighted by Crippen LogP contribution is 2.38. The van der Waals surface area contributed by atoms with Gasteiger partial charge in [-0.15, -0.1) is 0 Å². The Labute approximate surface area is 153 Å². The van der Waals surface area contributed by atoms with Gasteiger partial charge in [-0.2, -0.15) is 0 Å². The average molecular weight is 355 g/mol. The summed E-state index contributed by atoms with van der Waals surface area (Å²) in [6.45, 7) is 7.54. The first kappa shape index (κ1) is 18.4. The van der Waals surface area contributed by atoms with E-state index in [9.17, 15) is 5.11 Å². The highest BCUT2D eigenvalue weighted by molar-refractivity contribution is 6.99. The van der Waals surface area contributed by atoms with Gasteiger partial charge in [0.1, 0.15) is 0 Å². The summed E-state index contributed by atoms with van der Waals surface area (Å²) in [7, 11) is -2.46. The van der Waals surface area contributed by atoms with Crippen LogP contribution < -0.4 is 10.4 Å². The Morgan fingerprint density at radius 3 is 1.84 bits per heavy atom. The first-order valence-electron chi connectivity index (χ1n) is 9.38. The molecule has 2 nitrogen and oxygen atoms in total. The molecular weight excluding hydrogens is 324 g/mol. The molecule has 0 amide bonds. The topological polar surface area (TPSA) is 29.5 Å². The zero-order valence-electron chi connectivity index (χ0n) is 15.6. The minimum atomic E-state index is -2.46. The van der Waals surface area contributed by atoms with E-state index in [1.165, 1.54) is 10.4 Å². The monoisotopic (exact) mass is 354 g/mol. The fraction of sp³-hybridized carbons (Fsp3) is 0.455. The summed E-state index contributed by atoms with van der Waals surface area (Å²) in [5, 5.41) is 12.9. The SMILES string of the molecule is CC(C)(C)[Si](OC[C@@H]1CCC[C@@H]1O)(c1ccccc1)c1ccccc1. The molecule has 0 saturated heterocycles. The maximum atomic E-state index is 10.3. The van der Waals surface area contributed by atoms with E-state index in [0.29, 0.717) is 6.61 Å². The van der Waals surface area contributed by atoms with Crippen LogP contribution in [0.15, 0.2) is 60.7 Å². The Morgan fingerprint density at radius 1 is 0.920 bits per heavy atom. The van der Waals surface area contributed by atoms with Crippen molar-refractivity contribution in [3.63, 3.8) is 0 Å². The molecule has 1 N–H and O–H groups in total. The predicted octanol–water partition coefficient (Wildman–Crippen LogP) is 3.72. The highest BCUT2D eigenvalue weighted by Gasteiger charge is 2.50. The van der Waals surface area contributed by atoms with E-state index >= 15 is 0 Å². The van der Waals surface area contributed by atoms with Gasteiger partial charge in [-0.3, -0.25) is 0 Å². The number of benzene rings is 2. The van der Waals surface area contributed by atoms with Crippen molar-refractivity contribution >= 4 is 18.7 Å². The first-order chi connectivity index (χ1) is 11.9. The van der Waals surface area contributed by atoms with Crippen LogP contribution in [-0.2, 0) is 4.43 Å². The Balaban J connectivity index is 2.05. The van der Waals surface area contributed by atoms with Crippen LogP contribution in [0, 0.1) is 5.92 Å². The van der Waals surface area contributed by atoms with Crippen molar-refractivity contribution in [1.82, 2.24) is 0 Å². The van der Waals surface area contributed by atoms with Crippen LogP contribution >= 0.6 is 0 Å². The lowest BCUT2D eigenvalue weighted by Gasteiger charge is -2.43. The molecule has 1 fully saturated rings. The van der Waals surface area contributed by atoms with Crippen LogP contribution in [0.25, 0.3) is 0 Å². The molecule has 25 heavy (non-hydrogen) atoms. The summed E-state index contributed by atoms with van der Waals surface area (Å²) >= 11 is 0. The molecule has 2 aromatic rings. The Kier molecular flexibility index (Phi) is 5.47. The van der Waals surface area contributed by atoms with Gasteiger partial charge in [0.15, 0.2) is 0 Å². The molecule has 1 aliphatic carbocycles. The van der Waals surface area contributed by atoms with Crippen molar-refractivity contribution < 1.29 is 9.53 Å². The number of aliphatic hydroxyl groups is 1. The van der Waals surface area contributed by atoms with Crippen molar-refractivity contribution in [2.45, 2.75) is 51.2 Å². The quantitative estimate of drug-likeness (QED) is 0.829. The molecule has 0 bridgehead atoms. The van der Waals surface area contributed by atoms with Gasteiger partial charge in [0.05, 0.1) is 6.10 Å². The smallest absolute Gasteiger partial charge is 0.261 e. The second-order valence-electron chi connectivity index (χ2n) is 8.23. The molecule has 1 aliphatic rings. The molecule has 0 heterocycles. The van der Waals surface area contributed by atoms with Crippen LogP contribution in [0.5, 0.6) is 0 Å². The van der Waals surface area contributed by atoms with E-state index in [2.05, 4.69) is 81.4 Å². The molecule has 0 radical (unpaired) electrons. The van der Waals surface area contributed by atoms with Crippen molar-refractivity contribution in [3.05, 3.63) is 60.7 Å². The molecule has 0 spiro atoms. The summed E-state index contributed by atoms with van der Waals surface area (Å²) in [6.07, 6.45) is 2.88. The van der Waals surface area contributed by atoms with E-state index in [1.807, 2.05) is 0 Å². The summed E-state index contributed by atoms with van der Waals surface area (Å²) in [6, 6.07) is 21.4. The number of hydrogen-bond donors (Lipinski definition) is 1. The van der Waals surface area contributed by atoms with Gasteiger partial charge in [0.2, 0.25) is 0 Å². The molecule has 0 aromatic heterocycles. The average Bonchev–Trinajstić information content (AvgIpc) is 3.01. The summed E-state index contributed by atoms with van der Waals surface area (Å²) in [5.41, 5.74) is 0. The van der Waals surface area contributed by atoms with Gasteiger partial charge in [-0.05, 0) is 28.3 Å². The summed E-state index contributed by atoms with van der Waals surface area (Å²) in [5.74, 6) is 0.265. The molecule has 1 saturated carbocycles. The lowest BCUT2D eigenvalue weighted by Crippen LogP contribution is -2.67. The van der Waals surface area contributed by atoms with Crippen molar-refractivity contribution in [3.8, 4) is 0 Å². The third-order valence-corrected chi connectivity index (χ3v) is 10.6. The van der Waals surface area contributed by atoms with Crippen molar-refractivity contribution in [2.75, 3.05) is 6.61 Å². The number of rotatable bonds is 5. The van der Waals surface area contributed by atoms with E-state index in [-0.39, 0.29) is 17.1 Å². The van der Waals surface area contributed by atoms with Gasteiger partial charge < -0.3 is 9.53 Å². The second-order valence-corrected chi connectivity index (χ2v) is 12.5. The Morgan fingerprint density at radius 2 is 1.44 bits per heavy atom. The standard InChI is InChI=1S/C22H30O2Si/c1-22(2,3)25(19-12-6-4-7-13-19,20-14-8-5-9-15-20)24-17-18-11-10-16-21(18)23/h4-9,12-15,18,21,23H,10-11,16-17H2,1-3H3/t18-,21-/m0/s1. The number of aliphatic hydroxyl groups excluding tert-OH is 1. The van der Waals surface area contributed by atoms with Gasteiger partial charge in [-0.1, -0.05) is 87.9 Å². The normalized spacial score (nSPS) is 21.4. The van der Waals surface area contributed by atoms with Crippen molar-refractivity contribution in [2.24, 2.45) is 5.92 Å². The maximum absolute atomic E-state index is 10.3. The molecule has 0 aliphatic heterocycles. The molecular formula is C22H30O2Si. The molecule has 3 heteroatoms. The van der Waals surface area contributed by atoms with Crippen LogP contribution in [0.1, 0.15) is 40.0 Å². The Hall–Kier alpha value is -1.42. The largest absolute Gasteiger partial charge is 0.407 e. The summed E-state index contributed by atoms with van der Waals surface area (Å²) < 4.78 is 6.90. The molecule has 2 aromatic carbocycles. The second kappa shape index (κ2) is 7.44. The maximum Gasteiger partial charge on any atom is 0.261 e. The molecule has 0 unspecified atom stereocenters. The number of hydrogen-bond acceptors (Lipinski definition) is 2. The third kappa shape index (κ3) is 3.59. The van der Waals surface area contributed by atoms with E-state index < -0.39 is 8.32 Å². The van der Waals surface area contributed by atoms with Gasteiger partial charge >= 0.3 is 0 Å². The zero-order chi connectivity index (χ0) is 17.9. The molecule has 3 rings (SSSR count). The lowest BCUT2D eigenvalue weighted by molar-refractivity contribution is 0.0954. The van der Waals surface area contributed by atoms with E-state index in [0.717, 1.165) is 19.3 Å². The van der Waals surface area contributed by atoms with Crippen LogP contribution in [-0.4, -0.2) is 26.1 Å². The fourth-order valence-corrected chi connectivity index (χ4v) is 8.82. The fourth-order valence-electron chi connectivity index (χ4n) is 4.21. The van der Waals surface area contributed by atoms with Gasteiger partial charge in [0.25, 0.3) is 8.32 Å². The Bertz CT molecular complexity index is 624. The van der Waals surface area contributed by atoms with Crippen LogP contribution in [0.2, 0.25) is 5.04 Å². The predicted molar refractivity (Wildman–Crippen MR) is 107 cm³/mol. The van der Waals surface area contributed by atoms with Gasteiger partial charge in [-0.25, -0.2) is 0 Å². The van der Waals surface area contributed by atoms with Gasteiger partial charge in [0, 0.05) is 12.5 Å². The highest BCUT2D eigenvalue weighted by atomic mass is 28.4. The molecule has 134 valence electrons. The lowest BCUT2D eigenvalue weighted by atomic mass is 10.1. The third-order valence-electron chi connectivity index (χ3n) is 5.55.